The molecule has 4 heteroatoms. The first-order chi connectivity index (χ1) is 10.2. The number of benzene rings is 2. The van der Waals surface area contributed by atoms with Crippen LogP contribution in [0.1, 0.15) is 22.8 Å². The fourth-order valence-electron chi connectivity index (χ4n) is 2.06. The number of hydrogen-bond acceptors (Lipinski definition) is 3. The Morgan fingerprint density at radius 1 is 1.10 bits per heavy atom. The maximum absolute atomic E-state index is 12.4. The molecule has 0 aliphatic rings. The minimum Gasteiger partial charge on any atom is -0.497 e. The number of amides is 1. The highest BCUT2D eigenvalue weighted by Crippen LogP contribution is 2.25. The van der Waals surface area contributed by atoms with Crippen molar-refractivity contribution >= 4 is 11.6 Å². The van der Waals surface area contributed by atoms with Gasteiger partial charge in [-0.1, -0.05) is 19.1 Å². The molecule has 0 spiro atoms. The largest absolute Gasteiger partial charge is 0.497 e. The highest BCUT2D eigenvalue weighted by atomic mass is 16.5. The van der Waals surface area contributed by atoms with Crippen LogP contribution in [-0.4, -0.2) is 20.1 Å². The third-order valence-corrected chi connectivity index (χ3v) is 3.24. The Hall–Kier alpha value is -2.49. The number of aryl methyl sites for hydroxylation is 1. The Morgan fingerprint density at radius 3 is 2.57 bits per heavy atom. The molecule has 0 atom stereocenters. The summed E-state index contributed by atoms with van der Waals surface area (Å²) in [5, 5.41) is 2.88. The van der Waals surface area contributed by atoms with Gasteiger partial charge in [-0.25, -0.2) is 0 Å². The summed E-state index contributed by atoms with van der Waals surface area (Å²) in [7, 11) is 3.10. The van der Waals surface area contributed by atoms with Gasteiger partial charge in [-0.2, -0.15) is 0 Å². The van der Waals surface area contributed by atoms with E-state index in [1.54, 1.807) is 25.3 Å². The summed E-state index contributed by atoms with van der Waals surface area (Å²) in [6, 6.07) is 12.9. The van der Waals surface area contributed by atoms with Gasteiger partial charge in [0.2, 0.25) is 0 Å². The number of hydrogen-bond donors (Lipinski definition) is 1. The van der Waals surface area contributed by atoms with Crippen LogP contribution in [0, 0.1) is 0 Å². The van der Waals surface area contributed by atoms with E-state index in [-0.39, 0.29) is 5.91 Å². The number of carbonyl (C=O) groups excluding carboxylic acids is 1. The summed E-state index contributed by atoms with van der Waals surface area (Å²) in [4.78, 5) is 12.4. The molecule has 0 fully saturated rings. The van der Waals surface area contributed by atoms with Gasteiger partial charge < -0.3 is 14.8 Å². The summed E-state index contributed by atoms with van der Waals surface area (Å²) in [6.45, 7) is 2.08. The Balaban J connectivity index is 2.26. The maximum atomic E-state index is 12.4. The smallest absolute Gasteiger partial charge is 0.259 e. The number of ether oxygens (including phenoxy) is 2. The van der Waals surface area contributed by atoms with E-state index in [0.717, 1.165) is 12.1 Å². The van der Waals surface area contributed by atoms with E-state index in [1.807, 2.05) is 24.3 Å². The maximum Gasteiger partial charge on any atom is 0.259 e. The lowest BCUT2D eigenvalue weighted by atomic mass is 10.1. The van der Waals surface area contributed by atoms with Crippen molar-refractivity contribution in [3.63, 3.8) is 0 Å². The van der Waals surface area contributed by atoms with Gasteiger partial charge in [0.15, 0.2) is 0 Å². The summed E-state index contributed by atoms with van der Waals surface area (Å²) >= 11 is 0. The van der Waals surface area contributed by atoms with E-state index in [4.69, 9.17) is 9.47 Å². The van der Waals surface area contributed by atoms with Gasteiger partial charge in [0.25, 0.3) is 5.91 Å². The Bertz CT molecular complexity index is 638. The van der Waals surface area contributed by atoms with Crippen LogP contribution >= 0.6 is 0 Å². The predicted molar refractivity (Wildman–Crippen MR) is 83.3 cm³/mol. The highest BCUT2D eigenvalue weighted by molar-refractivity contribution is 6.06. The Kier molecular flexibility index (Phi) is 4.82. The van der Waals surface area contributed by atoms with Crippen LogP contribution in [0.3, 0.4) is 0 Å². The van der Waals surface area contributed by atoms with E-state index in [1.165, 1.54) is 12.7 Å². The second-order valence-corrected chi connectivity index (χ2v) is 4.57. The summed E-state index contributed by atoms with van der Waals surface area (Å²) in [6.07, 6.45) is 0.923. The summed E-state index contributed by atoms with van der Waals surface area (Å²) in [5.41, 5.74) is 2.38. The molecule has 2 rings (SSSR count). The normalized spacial score (nSPS) is 10.0. The first-order valence-electron chi connectivity index (χ1n) is 6.80. The van der Waals surface area contributed by atoms with E-state index in [2.05, 4.69) is 12.2 Å². The molecule has 2 aromatic rings. The molecule has 0 aromatic heterocycles. The highest BCUT2D eigenvalue weighted by Gasteiger charge is 2.14. The molecule has 21 heavy (non-hydrogen) atoms. The van der Waals surface area contributed by atoms with E-state index >= 15 is 0 Å². The van der Waals surface area contributed by atoms with Gasteiger partial charge in [0.1, 0.15) is 11.5 Å². The summed E-state index contributed by atoms with van der Waals surface area (Å²) in [5.74, 6) is 0.905. The average Bonchev–Trinajstić information content (AvgIpc) is 2.54. The standard InChI is InChI=1S/C17H19NO3/c1-4-12-6-5-7-13(10-12)18-17(19)15-11-14(20-2)8-9-16(15)21-3/h5-11H,4H2,1-3H3,(H,18,19). The van der Waals surface area contributed by atoms with Gasteiger partial charge in [-0.3, -0.25) is 4.79 Å². The van der Waals surface area contributed by atoms with Gasteiger partial charge in [0, 0.05) is 5.69 Å². The lowest BCUT2D eigenvalue weighted by Gasteiger charge is -2.11. The zero-order valence-corrected chi connectivity index (χ0v) is 12.5. The first kappa shape index (κ1) is 14.9. The van der Waals surface area contributed by atoms with Crippen molar-refractivity contribution in [1.82, 2.24) is 0 Å². The molecule has 0 unspecified atom stereocenters. The van der Waals surface area contributed by atoms with Crippen LogP contribution in [0.2, 0.25) is 0 Å². The number of methoxy groups -OCH3 is 2. The van der Waals surface area contributed by atoms with E-state index in [9.17, 15) is 4.79 Å². The predicted octanol–water partition coefficient (Wildman–Crippen LogP) is 3.52. The number of rotatable bonds is 5. The van der Waals surface area contributed by atoms with Crippen molar-refractivity contribution < 1.29 is 14.3 Å². The van der Waals surface area contributed by atoms with E-state index in [0.29, 0.717) is 17.1 Å². The third kappa shape index (κ3) is 3.54. The van der Waals surface area contributed by atoms with Crippen LogP contribution in [0.25, 0.3) is 0 Å². The van der Waals surface area contributed by atoms with Crippen LogP contribution in [-0.2, 0) is 6.42 Å². The minimum absolute atomic E-state index is 0.223. The van der Waals surface area contributed by atoms with Crippen molar-refractivity contribution in [3.05, 3.63) is 53.6 Å². The third-order valence-electron chi connectivity index (χ3n) is 3.24. The van der Waals surface area contributed by atoms with Crippen LogP contribution in [0.5, 0.6) is 11.5 Å². The van der Waals surface area contributed by atoms with Crippen molar-refractivity contribution in [2.75, 3.05) is 19.5 Å². The van der Waals surface area contributed by atoms with Gasteiger partial charge in [-0.15, -0.1) is 0 Å². The molecule has 0 aliphatic heterocycles. The minimum atomic E-state index is -0.223. The summed E-state index contributed by atoms with van der Waals surface area (Å²) < 4.78 is 10.4. The lowest BCUT2D eigenvalue weighted by Crippen LogP contribution is -2.13. The quantitative estimate of drug-likeness (QED) is 0.914. The Morgan fingerprint density at radius 2 is 1.90 bits per heavy atom. The second kappa shape index (κ2) is 6.79. The average molecular weight is 285 g/mol. The molecule has 110 valence electrons. The fraction of sp³-hybridized carbons (Fsp3) is 0.235. The molecule has 0 saturated heterocycles. The van der Waals surface area contributed by atoms with Crippen LogP contribution in [0.15, 0.2) is 42.5 Å². The first-order valence-corrected chi connectivity index (χ1v) is 6.80. The van der Waals surface area contributed by atoms with Gasteiger partial charge >= 0.3 is 0 Å². The number of carbonyl (C=O) groups is 1. The molecule has 0 radical (unpaired) electrons. The molecule has 1 N–H and O–H groups in total. The molecular weight excluding hydrogens is 266 g/mol. The van der Waals surface area contributed by atoms with Crippen molar-refractivity contribution in [2.24, 2.45) is 0 Å². The molecule has 0 saturated carbocycles. The molecule has 1 amide bonds. The SMILES string of the molecule is CCc1cccc(NC(=O)c2cc(OC)ccc2OC)c1. The molecule has 0 bridgehead atoms. The molecular formula is C17H19NO3. The van der Waals surface area contributed by atoms with Gasteiger partial charge in [-0.05, 0) is 42.3 Å². The second-order valence-electron chi connectivity index (χ2n) is 4.57. The van der Waals surface area contributed by atoms with Gasteiger partial charge in [0.05, 0.1) is 19.8 Å². The monoisotopic (exact) mass is 285 g/mol. The fourth-order valence-corrected chi connectivity index (χ4v) is 2.06. The van der Waals surface area contributed by atoms with Crippen molar-refractivity contribution in [1.29, 1.82) is 0 Å². The number of nitrogens with one attached hydrogen (secondary N) is 1. The molecule has 0 aliphatic carbocycles. The Labute approximate surface area is 124 Å². The van der Waals surface area contributed by atoms with E-state index < -0.39 is 0 Å². The molecule has 4 nitrogen and oxygen atoms in total. The van der Waals surface area contributed by atoms with Crippen LogP contribution in [0.4, 0.5) is 5.69 Å². The topological polar surface area (TPSA) is 47.6 Å². The zero-order chi connectivity index (χ0) is 15.2. The van der Waals surface area contributed by atoms with Crippen LogP contribution < -0.4 is 14.8 Å². The van der Waals surface area contributed by atoms with Crippen molar-refractivity contribution in [2.45, 2.75) is 13.3 Å². The van der Waals surface area contributed by atoms with Crippen molar-refractivity contribution in [3.8, 4) is 11.5 Å². The number of anilines is 1. The molecule has 2 aromatic carbocycles. The zero-order valence-electron chi connectivity index (χ0n) is 12.5. The molecule has 0 heterocycles. The lowest BCUT2D eigenvalue weighted by molar-refractivity contribution is 0.102.